The summed E-state index contributed by atoms with van der Waals surface area (Å²) >= 11 is 0. The van der Waals surface area contributed by atoms with Crippen LogP contribution >= 0.6 is 0 Å². The van der Waals surface area contributed by atoms with Gasteiger partial charge < -0.3 is 10.6 Å². The molecule has 5 heteroatoms. The number of pyridine rings is 1. The molecule has 5 nitrogen and oxygen atoms in total. The van der Waals surface area contributed by atoms with E-state index in [4.69, 9.17) is 0 Å². The molecule has 1 aliphatic heterocycles. The Hall–Kier alpha value is -2.69. The normalized spacial score (nSPS) is 12.6. The fraction of sp³-hybridized carbons (Fsp3) is 0.235. The van der Waals surface area contributed by atoms with E-state index in [-0.39, 0.29) is 11.8 Å². The van der Waals surface area contributed by atoms with E-state index in [0.717, 1.165) is 29.7 Å². The molecular formula is C17H17N3O2. The number of carbonyl (C=O) groups excluding carboxylic acids is 2. The number of nitrogens with zero attached hydrogens (tertiary/aromatic N) is 1. The van der Waals surface area contributed by atoms with Crippen molar-refractivity contribution < 1.29 is 9.59 Å². The Balaban J connectivity index is 1.48. The number of carbonyl (C=O) groups is 2. The number of fused-ring (bicyclic) bond motifs is 1. The molecule has 0 spiro atoms. The second-order valence-corrected chi connectivity index (χ2v) is 5.36. The van der Waals surface area contributed by atoms with Crippen LogP contribution in [-0.4, -0.2) is 16.8 Å². The summed E-state index contributed by atoms with van der Waals surface area (Å²) < 4.78 is 0. The number of amides is 2. The average Bonchev–Trinajstić information content (AvgIpc) is 2.87. The van der Waals surface area contributed by atoms with Gasteiger partial charge in [-0.3, -0.25) is 14.6 Å². The minimum absolute atomic E-state index is 0.0116. The third-order valence-electron chi connectivity index (χ3n) is 3.61. The lowest BCUT2D eigenvalue weighted by Crippen LogP contribution is -2.11. The molecule has 0 saturated heterocycles. The topological polar surface area (TPSA) is 71.1 Å². The van der Waals surface area contributed by atoms with Gasteiger partial charge in [-0.1, -0.05) is 12.1 Å². The van der Waals surface area contributed by atoms with Crippen LogP contribution < -0.4 is 10.6 Å². The van der Waals surface area contributed by atoms with Crippen molar-refractivity contribution in [3.05, 3.63) is 53.9 Å². The first kappa shape index (κ1) is 14.3. The third-order valence-corrected chi connectivity index (χ3v) is 3.61. The molecule has 0 fully saturated rings. The van der Waals surface area contributed by atoms with Gasteiger partial charge in [0.2, 0.25) is 11.8 Å². The predicted molar refractivity (Wildman–Crippen MR) is 84.6 cm³/mol. The summed E-state index contributed by atoms with van der Waals surface area (Å²) in [5.74, 6) is 0.0328. The Kier molecular flexibility index (Phi) is 4.14. The maximum absolute atomic E-state index is 11.8. The van der Waals surface area contributed by atoms with Gasteiger partial charge in [0.15, 0.2) is 0 Å². The van der Waals surface area contributed by atoms with E-state index in [0.29, 0.717) is 18.5 Å². The molecule has 1 aromatic heterocycles. The van der Waals surface area contributed by atoms with E-state index in [2.05, 4.69) is 15.6 Å². The summed E-state index contributed by atoms with van der Waals surface area (Å²) in [5, 5.41) is 5.66. The van der Waals surface area contributed by atoms with Gasteiger partial charge in [-0.15, -0.1) is 0 Å². The average molecular weight is 295 g/mol. The predicted octanol–water partition coefficient (Wildman–Crippen LogP) is 2.54. The van der Waals surface area contributed by atoms with Gasteiger partial charge in [-0.2, -0.15) is 0 Å². The smallest absolute Gasteiger partial charge is 0.228 e. The summed E-state index contributed by atoms with van der Waals surface area (Å²) in [4.78, 5) is 27.1. The van der Waals surface area contributed by atoms with Gasteiger partial charge in [-0.05, 0) is 42.2 Å². The van der Waals surface area contributed by atoms with Crippen molar-refractivity contribution in [2.75, 3.05) is 10.6 Å². The highest BCUT2D eigenvalue weighted by Crippen LogP contribution is 2.24. The minimum Gasteiger partial charge on any atom is -0.326 e. The molecule has 2 aromatic rings. The molecule has 1 aromatic carbocycles. The zero-order chi connectivity index (χ0) is 15.4. The van der Waals surface area contributed by atoms with Gasteiger partial charge in [0.25, 0.3) is 0 Å². The summed E-state index contributed by atoms with van der Waals surface area (Å²) in [6.07, 6.45) is 5.78. The van der Waals surface area contributed by atoms with Crippen molar-refractivity contribution >= 4 is 23.2 Å². The lowest BCUT2D eigenvalue weighted by molar-refractivity contribution is -0.116. The molecule has 3 rings (SSSR count). The highest BCUT2D eigenvalue weighted by Gasteiger charge is 2.17. The molecule has 112 valence electrons. The van der Waals surface area contributed by atoms with E-state index in [1.165, 1.54) is 0 Å². The second kappa shape index (κ2) is 6.39. The van der Waals surface area contributed by atoms with Crippen molar-refractivity contribution in [2.24, 2.45) is 0 Å². The van der Waals surface area contributed by atoms with Crippen molar-refractivity contribution in [2.45, 2.75) is 25.7 Å². The molecule has 0 radical (unpaired) electrons. The Morgan fingerprint density at radius 3 is 3.05 bits per heavy atom. The first-order valence-corrected chi connectivity index (χ1v) is 7.32. The molecule has 2 N–H and O–H groups in total. The first-order valence-electron chi connectivity index (χ1n) is 7.32. The number of hydrogen-bond donors (Lipinski definition) is 2. The zero-order valence-electron chi connectivity index (χ0n) is 12.1. The minimum atomic E-state index is -0.0116. The van der Waals surface area contributed by atoms with Gasteiger partial charge in [0, 0.05) is 18.3 Å². The van der Waals surface area contributed by atoms with Crippen LogP contribution in [-0.2, 0) is 22.4 Å². The number of anilines is 2. The number of hydrogen-bond acceptors (Lipinski definition) is 3. The Morgan fingerprint density at radius 2 is 2.23 bits per heavy atom. The number of aromatic nitrogens is 1. The van der Waals surface area contributed by atoms with E-state index in [1.54, 1.807) is 18.5 Å². The number of nitrogens with one attached hydrogen (secondary N) is 2. The lowest BCUT2D eigenvalue weighted by atomic mass is 10.0. The van der Waals surface area contributed by atoms with Crippen LogP contribution in [0.2, 0.25) is 0 Å². The van der Waals surface area contributed by atoms with Crippen molar-refractivity contribution in [3.8, 4) is 0 Å². The highest BCUT2D eigenvalue weighted by molar-refractivity contribution is 5.99. The summed E-state index contributed by atoms with van der Waals surface area (Å²) in [7, 11) is 0. The maximum Gasteiger partial charge on any atom is 0.228 e. The fourth-order valence-corrected chi connectivity index (χ4v) is 2.53. The van der Waals surface area contributed by atoms with Crippen LogP contribution in [0.15, 0.2) is 42.7 Å². The molecule has 0 unspecified atom stereocenters. The molecule has 22 heavy (non-hydrogen) atoms. The summed E-state index contributed by atoms with van der Waals surface area (Å²) in [6.45, 7) is 0. The Bertz CT molecular complexity index is 698. The van der Waals surface area contributed by atoms with Crippen LogP contribution in [0.4, 0.5) is 11.4 Å². The van der Waals surface area contributed by atoms with Gasteiger partial charge in [-0.25, -0.2) is 0 Å². The quantitative estimate of drug-likeness (QED) is 0.890. The first-order chi connectivity index (χ1) is 10.7. The lowest BCUT2D eigenvalue weighted by Gasteiger charge is -2.06. The number of benzene rings is 1. The monoisotopic (exact) mass is 295 g/mol. The van der Waals surface area contributed by atoms with Crippen LogP contribution in [0.3, 0.4) is 0 Å². The maximum atomic E-state index is 11.8. The van der Waals surface area contributed by atoms with Crippen LogP contribution in [0.25, 0.3) is 0 Å². The van der Waals surface area contributed by atoms with E-state index in [1.807, 2.05) is 24.3 Å². The number of aryl methyl sites for hydroxylation is 1. The van der Waals surface area contributed by atoms with E-state index < -0.39 is 0 Å². The SMILES string of the molecule is O=C(CCCc1ccc2c(c1)NC(=O)C2)Nc1cccnc1. The zero-order valence-corrected chi connectivity index (χ0v) is 12.1. The molecular weight excluding hydrogens is 278 g/mol. The fourth-order valence-electron chi connectivity index (χ4n) is 2.53. The molecule has 0 aliphatic carbocycles. The molecule has 0 saturated carbocycles. The number of rotatable bonds is 5. The summed E-state index contributed by atoms with van der Waals surface area (Å²) in [6, 6.07) is 9.61. The summed E-state index contributed by atoms with van der Waals surface area (Å²) in [5.41, 5.74) is 3.80. The third kappa shape index (κ3) is 3.49. The van der Waals surface area contributed by atoms with Crippen molar-refractivity contribution in [3.63, 3.8) is 0 Å². The van der Waals surface area contributed by atoms with E-state index >= 15 is 0 Å². The van der Waals surface area contributed by atoms with Gasteiger partial charge >= 0.3 is 0 Å². The van der Waals surface area contributed by atoms with Crippen LogP contribution in [0, 0.1) is 0 Å². The second-order valence-electron chi connectivity index (χ2n) is 5.36. The Labute approximate surface area is 128 Å². The van der Waals surface area contributed by atoms with Crippen LogP contribution in [0.1, 0.15) is 24.0 Å². The van der Waals surface area contributed by atoms with Crippen molar-refractivity contribution in [1.82, 2.24) is 4.98 Å². The molecule has 2 heterocycles. The largest absolute Gasteiger partial charge is 0.326 e. The molecule has 2 amide bonds. The van der Waals surface area contributed by atoms with Gasteiger partial charge in [0.05, 0.1) is 18.3 Å². The van der Waals surface area contributed by atoms with Crippen molar-refractivity contribution in [1.29, 1.82) is 0 Å². The molecule has 1 aliphatic rings. The highest BCUT2D eigenvalue weighted by atomic mass is 16.2. The Morgan fingerprint density at radius 1 is 1.32 bits per heavy atom. The molecule has 0 atom stereocenters. The van der Waals surface area contributed by atoms with E-state index in [9.17, 15) is 9.59 Å². The van der Waals surface area contributed by atoms with Gasteiger partial charge in [0.1, 0.15) is 0 Å². The molecule has 0 bridgehead atoms. The van der Waals surface area contributed by atoms with Crippen LogP contribution in [0.5, 0.6) is 0 Å². The standard InChI is InChI=1S/C17H17N3O2/c21-16(19-14-4-2-8-18-11-14)5-1-3-12-6-7-13-10-17(22)20-15(13)9-12/h2,4,6-9,11H,1,3,5,10H2,(H,19,21)(H,20,22).